The number of benzene rings is 4. The van der Waals surface area contributed by atoms with E-state index in [1.807, 2.05) is 25.1 Å². The maximum absolute atomic E-state index is 12.6. The van der Waals surface area contributed by atoms with Gasteiger partial charge in [0.2, 0.25) is 0 Å². The summed E-state index contributed by atoms with van der Waals surface area (Å²) in [5.41, 5.74) is 3.33. The number of aromatic nitrogens is 4. The van der Waals surface area contributed by atoms with Crippen LogP contribution in [0.25, 0.3) is 0 Å². The van der Waals surface area contributed by atoms with Gasteiger partial charge in [-0.05, 0) is 60.4 Å². The fourth-order valence-electron chi connectivity index (χ4n) is 4.83. The van der Waals surface area contributed by atoms with Crippen molar-refractivity contribution in [2.45, 2.75) is 39.9 Å². The Kier molecular flexibility index (Phi) is 11.8. The fraction of sp³-hybridized carbons (Fsp3) is 0.136. The van der Waals surface area contributed by atoms with Crippen LogP contribution in [0.15, 0.2) is 122 Å². The molecule has 0 atom stereocenters. The number of nitrogens with one attached hydrogen (secondary N) is 4. The highest BCUT2D eigenvalue weighted by atomic mass is 16.2. The molecule has 2 heterocycles. The average molecular weight is 777 g/mol. The maximum Gasteiger partial charge on any atom is 0.270 e. The summed E-state index contributed by atoms with van der Waals surface area (Å²) in [6, 6.07) is 31.9. The van der Waals surface area contributed by atoms with Crippen LogP contribution in [0, 0.1) is 36.5 Å². The molecule has 4 N–H and O–H groups in total. The second-order valence-electron chi connectivity index (χ2n) is 12.2. The smallest absolute Gasteiger partial charge is 0.270 e. The molecule has 0 bridgehead atoms. The first-order chi connectivity index (χ1) is 30.3. The molecule has 0 unspecified atom stereocenters. The summed E-state index contributed by atoms with van der Waals surface area (Å²) >= 11 is 0. The first-order valence-electron chi connectivity index (χ1n) is 20.3. The van der Waals surface area contributed by atoms with Crippen LogP contribution in [0.5, 0.6) is 0 Å². The van der Waals surface area contributed by atoms with E-state index in [9.17, 15) is 19.2 Å². The Balaban J connectivity index is 0.000000241. The van der Waals surface area contributed by atoms with E-state index in [2.05, 4.69) is 41.2 Å². The predicted octanol–water partition coefficient (Wildman–Crippen LogP) is 5.03. The summed E-state index contributed by atoms with van der Waals surface area (Å²) in [5, 5.41) is 27.1. The Morgan fingerprint density at radius 2 is 0.862 bits per heavy atom. The van der Waals surface area contributed by atoms with E-state index < -0.39 is 43.1 Å². The molecule has 6 rings (SSSR count). The van der Waals surface area contributed by atoms with Crippen molar-refractivity contribution in [1.29, 1.82) is 10.5 Å². The van der Waals surface area contributed by atoms with Crippen molar-refractivity contribution in [3.63, 3.8) is 0 Å². The van der Waals surface area contributed by atoms with Gasteiger partial charge in [-0.25, -0.2) is 19.9 Å². The standard InChI is InChI=1S/2C22H19N5O2/c2*1-15-3-2-4-18(9-15)13-25-22(29)20-10-19(26-14-27-20)21(28)24-12-17-7-5-16(11-23)6-8-17/h2*2-10,14H,12-13H2,1H3,(H,24,28)(H,25,29)/i12D2,13D2;13D2. The highest BCUT2D eigenvalue weighted by Gasteiger charge is 2.15. The molecule has 2 aromatic heterocycles. The van der Waals surface area contributed by atoms with Gasteiger partial charge in [0, 0.05) is 38.2 Å². The van der Waals surface area contributed by atoms with Crippen molar-refractivity contribution in [1.82, 2.24) is 41.2 Å². The van der Waals surface area contributed by atoms with E-state index in [1.165, 1.54) is 36.4 Å². The van der Waals surface area contributed by atoms with Crippen LogP contribution < -0.4 is 21.3 Å². The minimum absolute atomic E-state index is 0.0232. The third kappa shape index (κ3) is 12.5. The third-order valence-corrected chi connectivity index (χ3v) is 7.81. The third-order valence-electron chi connectivity index (χ3n) is 7.81. The van der Waals surface area contributed by atoms with E-state index in [0.29, 0.717) is 16.7 Å². The van der Waals surface area contributed by atoms with Gasteiger partial charge in [0.1, 0.15) is 35.4 Å². The van der Waals surface area contributed by atoms with Gasteiger partial charge in [-0.3, -0.25) is 19.2 Å². The van der Waals surface area contributed by atoms with Crippen LogP contribution in [0.1, 0.15) is 94.7 Å². The Morgan fingerprint density at radius 3 is 1.24 bits per heavy atom. The summed E-state index contributed by atoms with van der Waals surface area (Å²) in [4.78, 5) is 65.4. The van der Waals surface area contributed by atoms with E-state index in [1.54, 1.807) is 67.6 Å². The lowest BCUT2D eigenvalue weighted by molar-refractivity contribution is 0.0928. The molecule has 0 saturated heterocycles. The van der Waals surface area contributed by atoms with Crippen molar-refractivity contribution in [3.8, 4) is 12.1 Å². The van der Waals surface area contributed by atoms with Gasteiger partial charge in [0.05, 0.1) is 31.5 Å². The summed E-state index contributed by atoms with van der Waals surface area (Å²) in [6.45, 7) is -2.75. The largest absolute Gasteiger partial charge is 0.347 e. The molecule has 0 fully saturated rings. The SMILES string of the molecule is [2H]C([2H])(NC(=O)c1cc(C(=O)NC([2H])([2H])c2cccc(C)c2)ncn1)c1ccc(C#N)cc1.[2H]C([2H])(NC(=O)c1cc(C(=O)NCc2ccc(C#N)cc2)ncn1)c1cccc(C)c1. The molecular weight excluding hydrogens is 733 g/mol. The molecule has 0 aliphatic heterocycles. The molecule has 14 nitrogen and oxygen atoms in total. The normalized spacial score (nSPS) is 12.3. The lowest BCUT2D eigenvalue weighted by Gasteiger charge is -2.08. The number of rotatable bonds is 12. The second kappa shape index (κ2) is 20.5. The average Bonchev–Trinajstić information content (AvgIpc) is 3.28. The predicted molar refractivity (Wildman–Crippen MR) is 213 cm³/mol. The number of hydrogen-bond acceptors (Lipinski definition) is 10. The Bertz CT molecular complexity index is 2780. The lowest BCUT2D eigenvalue weighted by Crippen LogP contribution is -2.27. The van der Waals surface area contributed by atoms with E-state index >= 15 is 0 Å². The quantitative estimate of drug-likeness (QED) is 0.130. The monoisotopic (exact) mass is 776 g/mol. The van der Waals surface area contributed by atoms with Crippen LogP contribution in [0.3, 0.4) is 0 Å². The van der Waals surface area contributed by atoms with Gasteiger partial charge in [-0.2, -0.15) is 10.5 Å². The molecule has 0 saturated carbocycles. The summed E-state index contributed by atoms with van der Waals surface area (Å²) in [5.74, 6) is -3.05. The number of carbonyl (C=O) groups is 4. The minimum Gasteiger partial charge on any atom is -0.347 e. The van der Waals surface area contributed by atoms with Gasteiger partial charge in [0.25, 0.3) is 23.6 Å². The number of amides is 4. The fourth-order valence-corrected chi connectivity index (χ4v) is 4.83. The van der Waals surface area contributed by atoms with Crippen molar-refractivity contribution in [3.05, 3.63) is 189 Å². The topological polar surface area (TPSA) is 216 Å². The molecule has 0 radical (unpaired) electrons. The number of carbonyl (C=O) groups excluding carboxylic acids is 4. The molecule has 0 aliphatic rings. The molecule has 288 valence electrons. The number of nitrogens with zero attached hydrogens (tertiary/aromatic N) is 6. The molecule has 0 spiro atoms. The summed E-state index contributed by atoms with van der Waals surface area (Å²) in [7, 11) is 0. The molecular formula is C44H38N10O4. The van der Waals surface area contributed by atoms with Gasteiger partial charge in [-0.1, -0.05) is 83.9 Å². The zero-order valence-corrected chi connectivity index (χ0v) is 31.1. The van der Waals surface area contributed by atoms with Crippen LogP contribution in [0.4, 0.5) is 0 Å². The number of nitriles is 2. The molecule has 58 heavy (non-hydrogen) atoms. The minimum atomic E-state index is -2.28. The molecule has 14 heteroatoms. The first-order valence-corrected chi connectivity index (χ1v) is 17.3. The number of aryl methyl sites for hydroxylation is 2. The molecule has 6 aromatic rings. The highest BCUT2D eigenvalue weighted by molar-refractivity contribution is 5.98. The van der Waals surface area contributed by atoms with Crippen LogP contribution in [-0.4, -0.2) is 43.6 Å². The molecule has 4 amide bonds. The van der Waals surface area contributed by atoms with Crippen LogP contribution in [-0.2, 0) is 26.0 Å². The Hall–Kier alpha value is -8.10. The van der Waals surface area contributed by atoms with Crippen molar-refractivity contribution in [2.75, 3.05) is 0 Å². The maximum atomic E-state index is 12.6. The van der Waals surface area contributed by atoms with E-state index in [4.69, 9.17) is 18.7 Å². The number of hydrogen-bond donors (Lipinski definition) is 4. The van der Waals surface area contributed by atoms with Crippen molar-refractivity contribution in [2.24, 2.45) is 0 Å². The lowest BCUT2D eigenvalue weighted by atomic mass is 10.1. The second-order valence-corrected chi connectivity index (χ2v) is 12.2. The van der Waals surface area contributed by atoms with E-state index in [-0.39, 0.29) is 40.4 Å². The van der Waals surface area contributed by atoms with Gasteiger partial charge >= 0.3 is 0 Å². The van der Waals surface area contributed by atoms with Crippen molar-refractivity contribution < 1.29 is 27.4 Å². The Morgan fingerprint density at radius 1 is 0.500 bits per heavy atom. The van der Waals surface area contributed by atoms with E-state index in [0.717, 1.165) is 35.4 Å². The highest BCUT2D eigenvalue weighted by Crippen LogP contribution is 2.08. The van der Waals surface area contributed by atoms with Gasteiger partial charge in [0.15, 0.2) is 0 Å². The molecule has 4 aromatic carbocycles. The zero-order valence-electron chi connectivity index (χ0n) is 37.1. The van der Waals surface area contributed by atoms with Crippen molar-refractivity contribution >= 4 is 23.6 Å². The van der Waals surface area contributed by atoms with Crippen LogP contribution >= 0.6 is 0 Å². The zero-order chi connectivity index (χ0) is 46.7. The van der Waals surface area contributed by atoms with Gasteiger partial charge in [-0.15, -0.1) is 0 Å². The Labute approximate surface area is 343 Å². The summed E-state index contributed by atoms with van der Waals surface area (Å²) in [6.07, 6.45) is 2.04. The van der Waals surface area contributed by atoms with Gasteiger partial charge < -0.3 is 21.3 Å². The molecule has 0 aliphatic carbocycles. The summed E-state index contributed by atoms with van der Waals surface area (Å²) < 4.78 is 48.9. The first kappa shape index (κ1) is 33.3. The van der Waals surface area contributed by atoms with Crippen LogP contribution in [0.2, 0.25) is 0 Å².